The number of likely N-dealkylation sites (tertiary alicyclic amines) is 1. The largest absolute Gasteiger partial charge is 0.494 e. The Morgan fingerprint density at radius 1 is 0.763 bits per heavy atom. The predicted molar refractivity (Wildman–Crippen MR) is 300 cm³/mol. The van der Waals surface area contributed by atoms with E-state index in [-0.39, 0.29) is 18.7 Å². The molecule has 0 saturated carbocycles. The van der Waals surface area contributed by atoms with E-state index in [0.29, 0.717) is 55.8 Å². The van der Waals surface area contributed by atoms with Crippen molar-refractivity contribution in [2.75, 3.05) is 86.7 Å². The van der Waals surface area contributed by atoms with Crippen LogP contribution < -0.4 is 35.8 Å². The standard InChI is InChI=1S/C57H63BrN11O6P/c1-65-35-39(32-60-65)42-30-46(62-56-59-33-44(58)52(64-56)61-45-13-10-38(28-50(45)76(3,4)74)37-8-6-5-7-9-37)49(75-2)31-48(42)68-22-16-36(17-23-68)34-66-24-18-57(19-25-66)20-26-67(27-21-57)40-11-12-41-43(29-40)55(73)69(54(41)72)47-14-15-51(70)63-53(47)71/h5-13,28-33,35-36,47H,14-27,34H2,1-4H3,(H,63,70,71)(H2,59,61,62,64). The van der Waals surface area contributed by atoms with Gasteiger partial charge in [0.25, 0.3) is 11.8 Å². The van der Waals surface area contributed by atoms with Crippen molar-refractivity contribution in [1.82, 2.24) is 34.9 Å². The summed E-state index contributed by atoms with van der Waals surface area (Å²) in [6.07, 6.45) is 12.5. The molecule has 0 bridgehead atoms. The maximum atomic E-state index is 13.7. The molecule has 7 heterocycles. The van der Waals surface area contributed by atoms with E-state index >= 15 is 0 Å². The number of hydrogen-bond acceptors (Lipinski definition) is 14. The minimum Gasteiger partial charge on any atom is -0.494 e. The first-order valence-electron chi connectivity index (χ1n) is 26.2. The average molecular weight is 1110 g/mol. The number of carbonyl (C=O) groups excluding carboxylic acids is 4. The van der Waals surface area contributed by atoms with Crippen LogP contribution in [0.3, 0.4) is 0 Å². The molecule has 1 unspecified atom stereocenters. The van der Waals surface area contributed by atoms with Gasteiger partial charge in [-0.1, -0.05) is 36.4 Å². The number of carbonyl (C=O) groups is 4. The van der Waals surface area contributed by atoms with Crippen LogP contribution in [0.5, 0.6) is 5.75 Å². The fourth-order valence-corrected chi connectivity index (χ4v) is 13.3. The second-order valence-electron chi connectivity index (χ2n) is 21.5. The van der Waals surface area contributed by atoms with Crippen LogP contribution in [0, 0.1) is 11.3 Å². The third-order valence-electron chi connectivity index (χ3n) is 16.3. The number of benzene rings is 4. The molecule has 1 spiro atoms. The number of piperidine rings is 4. The third kappa shape index (κ3) is 10.4. The molecule has 3 N–H and O–H groups in total. The van der Waals surface area contributed by atoms with Crippen molar-refractivity contribution in [2.24, 2.45) is 18.4 Å². The smallest absolute Gasteiger partial charge is 0.262 e. The van der Waals surface area contributed by atoms with Gasteiger partial charge in [-0.25, -0.2) is 4.98 Å². The number of aromatic nitrogens is 4. The molecule has 5 aliphatic heterocycles. The Morgan fingerprint density at radius 2 is 1.50 bits per heavy atom. The summed E-state index contributed by atoms with van der Waals surface area (Å²) in [5.41, 5.74) is 8.41. The van der Waals surface area contributed by atoms with Crippen molar-refractivity contribution in [3.63, 3.8) is 0 Å². The highest BCUT2D eigenvalue weighted by Gasteiger charge is 2.45. The van der Waals surface area contributed by atoms with Gasteiger partial charge in [-0.05, 0) is 146 Å². The number of anilines is 6. The average Bonchev–Trinajstić information content (AvgIpc) is 3.97. The van der Waals surface area contributed by atoms with Crippen LogP contribution in [-0.2, 0) is 21.2 Å². The quantitative estimate of drug-likeness (QED) is 0.0734. The summed E-state index contributed by atoms with van der Waals surface area (Å²) in [4.78, 5) is 69.2. The molecule has 6 aromatic rings. The van der Waals surface area contributed by atoms with Crippen LogP contribution in [-0.4, -0.2) is 125 Å². The highest BCUT2D eigenvalue weighted by molar-refractivity contribution is 9.10. The van der Waals surface area contributed by atoms with E-state index in [2.05, 4.69) is 68.8 Å². The van der Waals surface area contributed by atoms with Gasteiger partial charge in [-0.3, -0.25) is 34.1 Å². The molecule has 4 aromatic carbocycles. The molecule has 4 amide bonds. The van der Waals surface area contributed by atoms with Crippen LogP contribution in [0.15, 0.2) is 102 Å². The van der Waals surface area contributed by atoms with Crippen molar-refractivity contribution in [2.45, 2.75) is 57.4 Å². The van der Waals surface area contributed by atoms with Gasteiger partial charge in [0, 0.05) is 92.5 Å². The fourth-order valence-electron chi connectivity index (χ4n) is 11.9. The van der Waals surface area contributed by atoms with Gasteiger partial charge >= 0.3 is 0 Å². The molecule has 4 fully saturated rings. The summed E-state index contributed by atoms with van der Waals surface area (Å²) in [7, 11) is 0.895. The molecular weight excluding hydrogens is 1050 g/mol. The predicted octanol–water partition coefficient (Wildman–Crippen LogP) is 9.05. The number of rotatable bonds is 13. The molecule has 0 aliphatic carbocycles. The van der Waals surface area contributed by atoms with Gasteiger partial charge in [0.15, 0.2) is 0 Å². The van der Waals surface area contributed by atoms with E-state index in [0.717, 1.165) is 115 Å². The number of nitrogens with zero attached hydrogens (tertiary/aromatic N) is 8. The summed E-state index contributed by atoms with van der Waals surface area (Å²) < 4.78 is 22.2. The third-order valence-corrected chi connectivity index (χ3v) is 18.4. The lowest BCUT2D eigenvalue weighted by atomic mass is 9.71. The van der Waals surface area contributed by atoms with Gasteiger partial charge in [0.2, 0.25) is 17.8 Å². The van der Waals surface area contributed by atoms with Gasteiger partial charge < -0.3 is 34.6 Å². The van der Waals surface area contributed by atoms with Crippen LogP contribution in [0.25, 0.3) is 22.3 Å². The molecule has 1 atom stereocenters. The second-order valence-corrected chi connectivity index (χ2v) is 25.5. The maximum Gasteiger partial charge on any atom is 0.262 e. The van der Waals surface area contributed by atoms with Crippen molar-refractivity contribution in [3.05, 3.63) is 113 Å². The highest BCUT2D eigenvalue weighted by Crippen LogP contribution is 2.46. The fraction of sp³-hybridized carbons (Fsp3) is 0.386. The van der Waals surface area contributed by atoms with Crippen LogP contribution in [0.1, 0.15) is 72.1 Å². The first kappa shape index (κ1) is 51.2. The minimum atomic E-state index is -2.71. The van der Waals surface area contributed by atoms with E-state index in [4.69, 9.17) is 9.72 Å². The van der Waals surface area contributed by atoms with Crippen LogP contribution >= 0.6 is 23.1 Å². The maximum absolute atomic E-state index is 13.7. The zero-order valence-corrected chi connectivity index (χ0v) is 45.8. The number of fused-ring (bicyclic) bond motifs is 1. The molecule has 2 aromatic heterocycles. The van der Waals surface area contributed by atoms with Crippen molar-refractivity contribution in [1.29, 1.82) is 0 Å². The lowest BCUT2D eigenvalue weighted by Gasteiger charge is -2.48. The van der Waals surface area contributed by atoms with E-state index in [9.17, 15) is 23.7 Å². The first-order valence-corrected chi connectivity index (χ1v) is 29.6. The van der Waals surface area contributed by atoms with Crippen LogP contribution in [0.4, 0.5) is 34.5 Å². The van der Waals surface area contributed by atoms with Gasteiger partial charge in [0.05, 0.1) is 40.3 Å². The number of ether oxygens (including phenoxy) is 1. The number of imide groups is 2. The summed E-state index contributed by atoms with van der Waals surface area (Å²) >= 11 is 3.65. The van der Waals surface area contributed by atoms with Gasteiger partial charge in [0.1, 0.15) is 24.8 Å². The molecule has 11 rings (SSSR count). The topological polar surface area (TPSA) is 187 Å². The number of aryl methyl sites for hydroxylation is 1. The second kappa shape index (κ2) is 20.9. The van der Waals surface area contributed by atoms with E-state index in [1.54, 1.807) is 32.7 Å². The molecule has 0 radical (unpaired) electrons. The van der Waals surface area contributed by atoms with Crippen molar-refractivity contribution in [3.8, 4) is 28.0 Å². The normalized spacial score (nSPS) is 19.3. The zero-order chi connectivity index (χ0) is 52.9. The van der Waals surface area contributed by atoms with Crippen molar-refractivity contribution < 1.29 is 28.5 Å². The highest BCUT2D eigenvalue weighted by atomic mass is 79.9. The molecule has 19 heteroatoms. The first-order chi connectivity index (χ1) is 36.6. The summed E-state index contributed by atoms with van der Waals surface area (Å²) in [6, 6.07) is 24.7. The SMILES string of the molecule is COc1cc(N2CCC(CN3CCC4(CC3)CCN(c3ccc5c(c3)C(=O)N(C3CCC(=O)NC3=O)C5=O)CC4)CC2)c(-c2cnn(C)c2)cc1Nc1ncc(Br)c(Nc2ccc(-c3ccccc3)cc2P(C)(C)=O)n1. The monoisotopic (exact) mass is 1110 g/mol. The molecule has 4 saturated heterocycles. The number of methoxy groups -OCH3 is 1. The van der Waals surface area contributed by atoms with Gasteiger partial charge in [-0.2, -0.15) is 10.1 Å². The van der Waals surface area contributed by atoms with Gasteiger partial charge in [-0.15, -0.1) is 0 Å². The molecular formula is C57H63BrN11O6P. The number of amides is 4. The number of nitrogens with one attached hydrogen (secondary N) is 3. The van der Waals surface area contributed by atoms with Crippen molar-refractivity contribution >= 4 is 86.5 Å². The molecule has 17 nitrogen and oxygen atoms in total. The molecule has 394 valence electrons. The Morgan fingerprint density at radius 3 is 2.20 bits per heavy atom. The summed E-state index contributed by atoms with van der Waals surface area (Å²) in [6.45, 7) is 10.4. The Kier molecular flexibility index (Phi) is 14.1. The summed E-state index contributed by atoms with van der Waals surface area (Å²) in [5, 5.41) is 14.4. The Hall–Kier alpha value is -6.88. The zero-order valence-electron chi connectivity index (χ0n) is 43.4. The Balaban J connectivity index is 0.714. The van der Waals surface area contributed by atoms with E-state index in [1.165, 1.54) is 12.8 Å². The lowest BCUT2D eigenvalue weighted by molar-refractivity contribution is -0.136. The van der Waals surface area contributed by atoms with Crippen LogP contribution in [0.2, 0.25) is 0 Å². The lowest BCUT2D eigenvalue weighted by Crippen LogP contribution is -2.54. The Bertz CT molecular complexity index is 3280. The minimum absolute atomic E-state index is 0.0941. The summed E-state index contributed by atoms with van der Waals surface area (Å²) in [5.74, 6) is 0.199. The Labute approximate surface area is 451 Å². The number of hydrogen-bond donors (Lipinski definition) is 3. The molecule has 76 heavy (non-hydrogen) atoms. The number of halogens is 1. The molecule has 5 aliphatic rings. The van der Waals surface area contributed by atoms with E-state index in [1.807, 2.05) is 84.8 Å². The van der Waals surface area contributed by atoms with E-state index < -0.39 is 30.9 Å².